The van der Waals surface area contributed by atoms with Gasteiger partial charge in [0.15, 0.2) is 0 Å². The molecule has 0 bridgehead atoms. The van der Waals surface area contributed by atoms with Crippen LogP contribution in [0.4, 0.5) is 5.69 Å². The van der Waals surface area contributed by atoms with Gasteiger partial charge in [-0.2, -0.15) is 0 Å². The predicted molar refractivity (Wildman–Crippen MR) is 83.5 cm³/mol. The zero-order chi connectivity index (χ0) is 15.8. The molecule has 1 saturated carbocycles. The van der Waals surface area contributed by atoms with E-state index in [2.05, 4.69) is 4.72 Å². The Hall–Kier alpha value is -1.11. The third kappa shape index (κ3) is 3.07. The van der Waals surface area contributed by atoms with Crippen molar-refractivity contribution >= 4 is 15.7 Å². The molecule has 1 aliphatic carbocycles. The smallest absolute Gasteiger partial charge is 0.241 e. The van der Waals surface area contributed by atoms with Crippen LogP contribution < -0.4 is 10.5 Å². The lowest BCUT2D eigenvalue weighted by Crippen LogP contribution is -2.61. The zero-order valence-electron chi connectivity index (χ0n) is 13.0. The van der Waals surface area contributed by atoms with Gasteiger partial charge in [0.1, 0.15) is 0 Å². The number of anilines is 1. The lowest BCUT2D eigenvalue weighted by Gasteiger charge is -2.51. The number of hydrogen-bond acceptors (Lipinski definition) is 4. The van der Waals surface area contributed by atoms with Crippen molar-refractivity contribution in [1.82, 2.24) is 4.72 Å². The van der Waals surface area contributed by atoms with Crippen LogP contribution in [-0.4, -0.2) is 27.2 Å². The van der Waals surface area contributed by atoms with Crippen LogP contribution in [0.25, 0.3) is 0 Å². The van der Waals surface area contributed by atoms with Crippen LogP contribution in [0.15, 0.2) is 23.1 Å². The molecular formula is C15H24N2O3S. The molecule has 2 unspecified atom stereocenters. The van der Waals surface area contributed by atoms with Gasteiger partial charge in [-0.15, -0.1) is 0 Å². The number of nitrogens with one attached hydrogen (secondary N) is 1. The summed E-state index contributed by atoms with van der Waals surface area (Å²) in [4.78, 5) is 0.248. The maximum Gasteiger partial charge on any atom is 0.241 e. The average Bonchev–Trinajstić information content (AvgIpc) is 2.40. The highest BCUT2D eigenvalue weighted by Crippen LogP contribution is 2.43. The molecule has 2 atom stereocenters. The van der Waals surface area contributed by atoms with Crippen LogP contribution in [0.1, 0.15) is 32.8 Å². The van der Waals surface area contributed by atoms with Crippen molar-refractivity contribution in [2.24, 2.45) is 5.41 Å². The van der Waals surface area contributed by atoms with Gasteiger partial charge in [-0.3, -0.25) is 0 Å². The van der Waals surface area contributed by atoms with E-state index in [1.165, 1.54) is 6.07 Å². The molecule has 0 heterocycles. The Morgan fingerprint density at radius 2 is 2.10 bits per heavy atom. The molecule has 1 fully saturated rings. The van der Waals surface area contributed by atoms with E-state index in [4.69, 9.17) is 10.5 Å². The Labute approximate surface area is 126 Å². The van der Waals surface area contributed by atoms with Crippen molar-refractivity contribution in [2.45, 2.75) is 51.2 Å². The Morgan fingerprint density at radius 3 is 2.67 bits per heavy atom. The molecule has 1 aromatic rings. The van der Waals surface area contributed by atoms with E-state index in [9.17, 15) is 8.42 Å². The molecule has 3 N–H and O–H groups in total. The predicted octanol–water partition coefficient (Wildman–Crippen LogP) is 2.06. The van der Waals surface area contributed by atoms with Gasteiger partial charge in [0.25, 0.3) is 0 Å². The molecule has 5 nitrogen and oxygen atoms in total. The van der Waals surface area contributed by atoms with Crippen molar-refractivity contribution in [3.05, 3.63) is 23.8 Å². The van der Waals surface area contributed by atoms with Crippen LogP contribution in [0.2, 0.25) is 0 Å². The van der Waals surface area contributed by atoms with E-state index in [-0.39, 0.29) is 22.5 Å². The largest absolute Gasteiger partial charge is 0.399 e. The number of ether oxygens (including phenoxy) is 1. The molecular weight excluding hydrogens is 288 g/mol. The quantitative estimate of drug-likeness (QED) is 0.815. The highest BCUT2D eigenvalue weighted by Gasteiger charge is 2.50. The second kappa shape index (κ2) is 5.59. The SMILES string of the molecule is CCOC1CC(NS(=O)(=O)c2cc(N)ccc2C)C1(C)C. The Bertz CT molecular complexity index is 626. The summed E-state index contributed by atoms with van der Waals surface area (Å²) in [6.07, 6.45) is 0.790. The maximum atomic E-state index is 12.6. The first-order chi connectivity index (χ1) is 9.68. The van der Waals surface area contributed by atoms with E-state index in [1.54, 1.807) is 19.1 Å². The number of nitrogen functional groups attached to an aromatic ring is 1. The van der Waals surface area contributed by atoms with Crippen molar-refractivity contribution in [3.63, 3.8) is 0 Å². The zero-order valence-corrected chi connectivity index (χ0v) is 13.8. The summed E-state index contributed by atoms with van der Waals surface area (Å²) in [5.74, 6) is 0. The molecule has 6 heteroatoms. The van der Waals surface area contributed by atoms with Crippen LogP contribution >= 0.6 is 0 Å². The summed E-state index contributed by atoms with van der Waals surface area (Å²) in [5, 5.41) is 0. The third-order valence-electron chi connectivity index (χ3n) is 4.34. The molecule has 1 aliphatic rings. The van der Waals surface area contributed by atoms with Crippen LogP contribution in [-0.2, 0) is 14.8 Å². The van der Waals surface area contributed by atoms with Gasteiger partial charge in [-0.25, -0.2) is 13.1 Å². The van der Waals surface area contributed by atoms with E-state index in [0.717, 1.165) is 0 Å². The van der Waals surface area contributed by atoms with E-state index in [0.29, 0.717) is 24.3 Å². The topological polar surface area (TPSA) is 81.4 Å². The summed E-state index contributed by atoms with van der Waals surface area (Å²) < 4.78 is 33.5. The highest BCUT2D eigenvalue weighted by molar-refractivity contribution is 7.89. The van der Waals surface area contributed by atoms with Gasteiger partial charge in [0, 0.05) is 23.8 Å². The molecule has 0 amide bonds. The minimum Gasteiger partial charge on any atom is -0.399 e. The summed E-state index contributed by atoms with van der Waals surface area (Å²) in [6.45, 7) is 8.40. The van der Waals surface area contributed by atoms with E-state index < -0.39 is 10.0 Å². The lowest BCUT2D eigenvalue weighted by atomic mass is 9.65. The third-order valence-corrected chi connectivity index (χ3v) is 5.96. The molecule has 0 saturated heterocycles. The molecule has 118 valence electrons. The van der Waals surface area contributed by atoms with Crippen molar-refractivity contribution < 1.29 is 13.2 Å². The monoisotopic (exact) mass is 312 g/mol. The Morgan fingerprint density at radius 1 is 1.43 bits per heavy atom. The Balaban J connectivity index is 2.18. The van der Waals surface area contributed by atoms with Crippen molar-refractivity contribution in [1.29, 1.82) is 0 Å². The fraction of sp³-hybridized carbons (Fsp3) is 0.600. The lowest BCUT2D eigenvalue weighted by molar-refractivity contribution is -0.108. The average molecular weight is 312 g/mol. The molecule has 0 spiro atoms. The molecule has 0 radical (unpaired) electrons. The van der Waals surface area contributed by atoms with Crippen LogP contribution in [0, 0.1) is 12.3 Å². The summed E-state index contributed by atoms with van der Waals surface area (Å²) in [6, 6.07) is 4.80. The minimum absolute atomic E-state index is 0.0946. The minimum atomic E-state index is -3.57. The highest BCUT2D eigenvalue weighted by atomic mass is 32.2. The number of rotatable bonds is 5. The molecule has 0 aromatic heterocycles. The normalized spacial score (nSPS) is 24.6. The van der Waals surface area contributed by atoms with Gasteiger partial charge >= 0.3 is 0 Å². The van der Waals surface area contributed by atoms with Gasteiger partial charge in [0.05, 0.1) is 11.0 Å². The van der Waals surface area contributed by atoms with E-state index in [1.807, 2.05) is 20.8 Å². The first-order valence-corrected chi connectivity index (χ1v) is 8.67. The fourth-order valence-corrected chi connectivity index (χ4v) is 4.41. The molecule has 1 aromatic carbocycles. The second-order valence-electron chi connectivity index (χ2n) is 6.20. The molecule has 0 aliphatic heterocycles. The van der Waals surface area contributed by atoms with Gasteiger partial charge < -0.3 is 10.5 Å². The first-order valence-electron chi connectivity index (χ1n) is 7.18. The Kier molecular flexibility index (Phi) is 4.33. The van der Waals surface area contributed by atoms with Crippen LogP contribution in [0.3, 0.4) is 0 Å². The molecule has 2 rings (SSSR count). The number of benzene rings is 1. The standard InChI is InChI=1S/C15H24N2O3S/c1-5-20-14-9-13(15(14,3)4)17-21(18,19)12-8-11(16)7-6-10(12)2/h6-8,13-14,17H,5,9,16H2,1-4H3. The number of nitrogens with two attached hydrogens (primary N) is 1. The summed E-state index contributed by atoms with van der Waals surface area (Å²) >= 11 is 0. The van der Waals surface area contributed by atoms with E-state index >= 15 is 0 Å². The fourth-order valence-electron chi connectivity index (χ4n) is 2.73. The number of aryl methyl sites for hydroxylation is 1. The second-order valence-corrected chi connectivity index (χ2v) is 7.88. The maximum absolute atomic E-state index is 12.6. The van der Waals surface area contributed by atoms with Crippen molar-refractivity contribution in [2.75, 3.05) is 12.3 Å². The van der Waals surface area contributed by atoms with Gasteiger partial charge in [-0.05, 0) is 38.0 Å². The summed E-state index contributed by atoms with van der Waals surface area (Å²) in [7, 11) is -3.57. The van der Waals surface area contributed by atoms with Gasteiger partial charge in [0.2, 0.25) is 10.0 Å². The summed E-state index contributed by atoms with van der Waals surface area (Å²) in [5.41, 5.74) is 6.63. The van der Waals surface area contributed by atoms with Crippen LogP contribution in [0.5, 0.6) is 0 Å². The van der Waals surface area contributed by atoms with Crippen molar-refractivity contribution in [3.8, 4) is 0 Å². The number of hydrogen-bond donors (Lipinski definition) is 2. The molecule has 21 heavy (non-hydrogen) atoms. The first kappa shape index (κ1) is 16.3. The van der Waals surface area contributed by atoms with Gasteiger partial charge in [-0.1, -0.05) is 19.9 Å². The number of sulfonamides is 1.